The average Bonchev–Trinajstić information content (AvgIpc) is 2.76. The summed E-state index contributed by atoms with van der Waals surface area (Å²) in [6.45, 7) is 0.995. The maximum Gasteiger partial charge on any atom is 0.138 e. The van der Waals surface area contributed by atoms with E-state index < -0.39 is 0 Å². The number of methoxy groups -OCH3 is 1. The number of nitrogens with zero attached hydrogens (tertiary/aromatic N) is 1. The van der Waals surface area contributed by atoms with Crippen molar-refractivity contribution >= 4 is 11.6 Å². The first-order chi connectivity index (χ1) is 7.79. The largest absolute Gasteiger partial charge is 0.495 e. The molecule has 0 N–H and O–H groups in total. The van der Waals surface area contributed by atoms with E-state index in [2.05, 4.69) is 10.6 Å². The Kier molecular flexibility index (Phi) is 2.18. The lowest BCUT2D eigenvalue weighted by molar-refractivity contribution is 0.415. The molecule has 0 spiro atoms. The lowest BCUT2D eigenvalue weighted by atomic mass is 9.98. The molecule has 0 fully saturated rings. The van der Waals surface area contributed by atoms with Gasteiger partial charge in [0.1, 0.15) is 5.75 Å². The Morgan fingerprint density at radius 3 is 3.12 bits per heavy atom. The SMILES string of the molecule is COc1cc2c(cc1Cl)CCn1c[c]cc1-2. The van der Waals surface area contributed by atoms with E-state index in [-0.39, 0.29) is 0 Å². The minimum atomic E-state index is 0.685. The van der Waals surface area contributed by atoms with Gasteiger partial charge in [-0.15, -0.1) is 0 Å². The normalized spacial score (nSPS) is 13.1. The Morgan fingerprint density at radius 1 is 1.44 bits per heavy atom. The molecule has 1 radical (unpaired) electrons. The van der Waals surface area contributed by atoms with Crippen LogP contribution >= 0.6 is 11.6 Å². The van der Waals surface area contributed by atoms with Gasteiger partial charge < -0.3 is 9.30 Å². The summed E-state index contributed by atoms with van der Waals surface area (Å²) in [5.41, 5.74) is 3.68. The van der Waals surface area contributed by atoms with Gasteiger partial charge in [-0.2, -0.15) is 0 Å². The predicted molar refractivity (Wildman–Crippen MR) is 64.0 cm³/mol. The lowest BCUT2D eigenvalue weighted by Gasteiger charge is -2.20. The van der Waals surface area contributed by atoms with Crippen LogP contribution in [0.1, 0.15) is 5.56 Å². The summed E-state index contributed by atoms with van der Waals surface area (Å²) in [5.74, 6) is 0.732. The van der Waals surface area contributed by atoms with E-state index in [4.69, 9.17) is 16.3 Å². The number of ether oxygens (including phenoxy) is 1. The molecule has 1 aromatic heterocycles. The van der Waals surface area contributed by atoms with Crippen LogP contribution in [0.5, 0.6) is 5.75 Å². The van der Waals surface area contributed by atoms with Gasteiger partial charge in [0.25, 0.3) is 0 Å². The van der Waals surface area contributed by atoms with Crippen LogP contribution in [0.15, 0.2) is 24.4 Å². The van der Waals surface area contributed by atoms with Gasteiger partial charge in [0.15, 0.2) is 0 Å². The van der Waals surface area contributed by atoms with E-state index in [1.54, 1.807) is 7.11 Å². The van der Waals surface area contributed by atoms with Gasteiger partial charge in [0.05, 0.1) is 12.1 Å². The summed E-state index contributed by atoms with van der Waals surface area (Å²) in [4.78, 5) is 0. The molecule has 0 bridgehead atoms. The quantitative estimate of drug-likeness (QED) is 0.737. The van der Waals surface area contributed by atoms with Crippen molar-refractivity contribution in [3.8, 4) is 17.0 Å². The van der Waals surface area contributed by atoms with Gasteiger partial charge in [-0.05, 0) is 30.2 Å². The third-order valence-electron chi connectivity index (χ3n) is 3.04. The smallest absolute Gasteiger partial charge is 0.138 e. The molecule has 81 valence electrons. The Balaban J connectivity index is 2.24. The summed E-state index contributed by atoms with van der Waals surface area (Å²) >= 11 is 6.12. The first kappa shape index (κ1) is 9.79. The van der Waals surface area contributed by atoms with Crippen LogP contribution in [-0.4, -0.2) is 11.7 Å². The third-order valence-corrected chi connectivity index (χ3v) is 3.33. The molecule has 2 aromatic rings. The summed E-state index contributed by atoms with van der Waals surface area (Å²) < 4.78 is 7.46. The van der Waals surface area contributed by atoms with Crippen LogP contribution in [0.3, 0.4) is 0 Å². The highest BCUT2D eigenvalue weighted by Gasteiger charge is 2.17. The fourth-order valence-corrected chi connectivity index (χ4v) is 2.48. The maximum atomic E-state index is 6.12. The van der Waals surface area contributed by atoms with Crippen LogP contribution in [-0.2, 0) is 13.0 Å². The van der Waals surface area contributed by atoms with E-state index in [0.29, 0.717) is 5.02 Å². The Morgan fingerprint density at radius 2 is 2.31 bits per heavy atom. The Labute approximate surface area is 99.4 Å². The van der Waals surface area contributed by atoms with E-state index >= 15 is 0 Å². The summed E-state index contributed by atoms with van der Waals surface area (Å²) in [7, 11) is 1.64. The molecule has 0 unspecified atom stereocenters. The second-order valence-corrected chi connectivity index (χ2v) is 4.32. The van der Waals surface area contributed by atoms with Gasteiger partial charge in [0.2, 0.25) is 0 Å². The number of aromatic nitrogens is 1. The Bertz CT molecular complexity index is 545. The second kappa shape index (κ2) is 3.56. The van der Waals surface area contributed by atoms with Crippen molar-refractivity contribution in [2.24, 2.45) is 0 Å². The molecule has 3 heteroatoms. The van der Waals surface area contributed by atoms with Crippen molar-refractivity contribution in [1.82, 2.24) is 4.57 Å². The second-order valence-electron chi connectivity index (χ2n) is 3.91. The number of hydrogen-bond donors (Lipinski definition) is 0. The van der Waals surface area contributed by atoms with Crippen molar-refractivity contribution in [1.29, 1.82) is 0 Å². The molecule has 2 heterocycles. The highest BCUT2D eigenvalue weighted by molar-refractivity contribution is 6.32. The number of rotatable bonds is 1. The molecular formula is C13H11ClNO. The summed E-state index contributed by atoms with van der Waals surface area (Å²) in [5, 5.41) is 0.685. The molecule has 0 aliphatic carbocycles. The number of benzene rings is 1. The van der Waals surface area contributed by atoms with Gasteiger partial charge >= 0.3 is 0 Å². The molecule has 0 saturated carbocycles. The van der Waals surface area contributed by atoms with Gasteiger partial charge in [-0.1, -0.05) is 11.6 Å². The minimum Gasteiger partial charge on any atom is -0.495 e. The zero-order chi connectivity index (χ0) is 11.1. The van der Waals surface area contributed by atoms with Crippen molar-refractivity contribution < 1.29 is 4.74 Å². The molecule has 3 rings (SSSR count). The molecule has 0 atom stereocenters. The van der Waals surface area contributed by atoms with Crippen LogP contribution in [0.25, 0.3) is 11.3 Å². The fraction of sp³-hybridized carbons (Fsp3) is 0.231. The summed E-state index contributed by atoms with van der Waals surface area (Å²) in [6, 6.07) is 9.14. The summed E-state index contributed by atoms with van der Waals surface area (Å²) in [6.07, 6.45) is 2.99. The fourth-order valence-electron chi connectivity index (χ4n) is 2.21. The zero-order valence-electron chi connectivity index (χ0n) is 8.96. The van der Waals surface area contributed by atoms with E-state index in [9.17, 15) is 0 Å². The maximum absolute atomic E-state index is 6.12. The highest BCUT2D eigenvalue weighted by Crippen LogP contribution is 2.36. The standard InChI is InChI=1S/C13H11ClNO/c1-16-13-8-10-9(7-11(13)14)4-6-15-5-2-3-12(10)15/h3,5,7-8H,4,6H2,1H3. The van der Waals surface area contributed by atoms with Crippen LogP contribution in [0, 0.1) is 6.07 Å². The zero-order valence-corrected chi connectivity index (χ0v) is 9.71. The minimum absolute atomic E-state index is 0.685. The van der Waals surface area contributed by atoms with Gasteiger partial charge in [0, 0.05) is 30.1 Å². The highest BCUT2D eigenvalue weighted by atomic mass is 35.5. The van der Waals surface area contributed by atoms with Crippen molar-refractivity contribution in [3.05, 3.63) is 41.0 Å². The molecular weight excluding hydrogens is 222 g/mol. The van der Waals surface area contributed by atoms with Crippen molar-refractivity contribution in [2.75, 3.05) is 7.11 Å². The number of fused-ring (bicyclic) bond motifs is 3. The van der Waals surface area contributed by atoms with Crippen molar-refractivity contribution in [3.63, 3.8) is 0 Å². The molecule has 16 heavy (non-hydrogen) atoms. The first-order valence-corrected chi connectivity index (χ1v) is 5.60. The molecule has 0 amide bonds. The number of hydrogen-bond acceptors (Lipinski definition) is 1. The molecule has 1 aromatic carbocycles. The van der Waals surface area contributed by atoms with Crippen LogP contribution in [0.4, 0.5) is 0 Å². The average molecular weight is 233 g/mol. The van der Waals surface area contributed by atoms with Crippen LogP contribution < -0.4 is 4.74 Å². The van der Waals surface area contributed by atoms with E-state index in [0.717, 1.165) is 18.7 Å². The van der Waals surface area contributed by atoms with Gasteiger partial charge in [-0.3, -0.25) is 0 Å². The molecule has 1 aliphatic heterocycles. The van der Waals surface area contributed by atoms with Crippen molar-refractivity contribution in [2.45, 2.75) is 13.0 Å². The van der Waals surface area contributed by atoms with E-state index in [1.807, 2.05) is 24.4 Å². The lowest BCUT2D eigenvalue weighted by Crippen LogP contribution is -2.09. The molecule has 2 nitrogen and oxygen atoms in total. The predicted octanol–water partition coefficient (Wildman–Crippen LogP) is 3.17. The number of halogens is 1. The topological polar surface area (TPSA) is 14.2 Å². The monoisotopic (exact) mass is 232 g/mol. The molecule has 0 saturated heterocycles. The third kappa shape index (κ3) is 1.34. The number of aryl methyl sites for hydroxylation is 2. The molecule has 1 aliphatic rings. The first-order valence-electron chi connectivity index (χ1n) is 5.22. The van der Waals surface area contributed by atoms with E-state index in [1.165, 1.54) is 16.8 Å². The van der Waals surface area contributed by atoms with Crippen LogP contribution in [0.2, 0.25) is 5.02 Å². The van der Waals surface area contributed by atoms with Gasteiger partial charge in [-0.25, -0.2) is 0 Å². The Hall–Kier alpha value is -1.41.